The van der Waals surface area contributed by atoms with Crippen molar-refractivity contribution in [2.75, 3.05) is 13.2 Å². The molecule has 3 heterocycles. The fourth-order valence-corrected chi connectivity index (χ4v) is 5.94. The SMILES string of the molecule is CC1(C(=O)O)CC(c2c(C3CCOCC3)n(-c3ccc(F)c(F)c3)c3cc4cn[nH]c4c(F)c23)C1. The maximum atomic E-state index is 16.1. The molecule has 9 heteroatoms. The van der Waals surface area contributed by atoms with Crippen molar-refractivity contribution in [3.05, 3.63) is 59.2 Å². The zero-order valence-electron chi connectivity index (χ0n) is 19.1. The third-order valence-electron chi connectivity index (χ3n) is 7.77. The summed E-state index contributed by atoms with van der Waals surface area (Å²) in [5.41, 5.74) is 1.88. The highest BCUT2D eigenvalue weighted by molar-refractivity contribution is 6.00. The lowest BCUT2D eigenvalue weighted by Gasteiger charge is -2.43. The van der Waals surface area contributed by atoms with Crippen molar-refractivity contribution in [2.45, 2.75) is 44.4 Å². The lowest BCUT2D eigenvalue weighted by molar-refractivity contribution is -0.154. The number of aliphatic carboxylic acids is 1. The van der Waals surface area contributed by atoms with Gasteiger partial charge in [0.15, 0.2) is 17.5 Å². The number of carboxylic acid groups (broad SMARTS) is 1. The molecule has 1 aliphatic heterocycles. The molecule has 0 unspecified atom stereocenters. The molecule has 2 aromatic carbocycles. The second-order valence-corrected chi connectivity index (χ2v) is 10.0. The number of carbonyl (C=O) groups is 1. The van der Waals surface area contributed by atoms with E-state index in [1.807, 2.05) is 4.57 Å². The maximum absolute atomic E-state index is 16.1. The Morgan fingerprint density at radius 2 is 1.89 bits per heavy atom. The molecule has 2 fully saturated rings. The molecule has 2 N–H and O–H groups in total. The predicted octanol–water partition coefficient (Wildman–Crippen LogP) is 5.79. The number of aromatic nitrogens is 3. The first-order chi connectivity index (χ1) is 16.8. The third-order valence-corrected chi connectivity index (χ3v) is 7.77. The van der Waals surface area contributed by atoms with Gasteiger partial charge in [-0.25, -0.2) is 13.2 Å². The maximum Gasteiger partial charge on any atom is 0.309 e. The molecule has 182 valence electrons. The number of benzene rings is 2. The summed E-state index contributed by atoms with van der Waals surface area (Å²) < 4.78 is 51.7. The van der Waals surface area contributed by atoms with Crippen LogP contribution in [0, 0.1) is 22.9 Å². The molecule has 1 saturated carbocycles. The Hall–Kier alpha value is -3.33. The molecule has 2 aromatic heterocycles. The zero-order chi connectivity index (χ0) is 24.5. The predicted molar refractivity (Wildman–Crippen MR) is 123 cm³/mol. The number of hydrogen-bond donors (Lipinski definition) is 2. The number of fused-ring (bicyclic) bond motifs is 2. The van der Waals surface area contributed by atoms with Gasteiger partial charge in [-0.1, -0.05) is 0 Å². The van der Waals surface area contributed by atoms with Gasteiger partial charge in [0, 0.05) is 47.4 Å². The van der Waals surface area contributed by atoms with Crippen molar-refractivity contribution in [2.24, 2.45) is 5.41 Å². The van der Waals surface area contributed by atoms with E-state index in [2.05, 4.69) is 10.2 Å². The number of carboxylic acids is 1. The number of H-pyrrole nitrogens is 1. The molecule has 4 aromatic rings. The van der Waals surface area contributed by atoms with E-state index in [0.29, 0.717) is 60.9 Å². The van der Waals surface area contributed by atoms with Gasteiger partial charge in [-0.3, -0.25) is 9.89 Å². The highest BCUT2D eigenvalue weighted by atomic mass is 19.2. The number of halogens is 3. The van der Waals surface area contributed by atoms with Crippen LogP contribution in [0.3, 0.4) is 0 Å². The highest BCUT2D eigenvalue weighted by Gasteiger charge is 2.49. The Balaban J connectivity index is 1.69. The van der Waals surface area contributed by atoms with Crippen molar-refractivity contribution in [3.63, 3.8) is 0 Å². The molecule has 0 amide bonds. The number of nitrogens with one attached hydrogen (secondary N) is 1. The topological polar surface area (TPSA) is 80.1 Å². The lowest BCUT2D eigenvalue weighted by atomic mass is 9.60. The molecule has 6 rings (SSSR count). The second kappa shape index (κ2) is 7.84. The zero-order valence-corrected chi connectivity index (χ0v) is 19.1. The van der Waals surface area contributed by atoms with Crippen molar-refractivity contribution in [1.29, 1.82) is 0 Å². The van der Waals surface area contributed by atoms with Gasteiger partial charge in [0.05, 0.1) is 17.1 Å². The first-order valence-corrected chi connectivity index (χ1v) is 11.7. The molecule has 0 spiro atoms. The largest absolute Gasteiger partial charge is 0.481 e. The first-order valence-electron chi connectivity index (χ1n) is 11.7. The molecule has 2 aliphatic rings. The fraction of sp³-hybridized carbons (Fsp3) is 0.385. The van der Waals surface area contributed by atoms with Gasteiger partial charge in [0.2, 0.25) is 0 Å². The van der Waals surface area contributed by atoms with Crippen LogP contribution in [-0.2, 0) is 9.53 Å². The van der Waals surface area contributed by atoms with E-state index in [1.54, 1.807) is 13.0 Å². The van der Waals surface area contributed by atoms with Crippen LogP contribution >= 0.6 is 0 Å². The van der Waals surface area contributed by atoms with Crippen LogP contribution in [0.15, 0.2) is 30.5 Å². The van der Waals surface area contributed by atoms with Crippen LogP contribution in [-0.4, -0.2) is 39.1 Å². The van der Waals surface area contributed by atoms with E-state index < -0.39 is 28.8 Å². The van der Waals surface area contributed by atoms with Crippen LogP contribution in [0.25, 0.3) is 27.5 Å². The van der Waals surface area contributed by atoms with Crippen molar-refractivity contribution >= 4 is 27.8 Å². The van der Waals surface area contributed by atoms with Crippen LogP contribution in [0.5, 0.6) is 0 Å². The number of ether oxygens (including phenoxy) is 1. The molecule has 0 atom stereocenters. The van der Waals surface area contributed by atoms with Crippen molar-refractivity contribution in [3.8, 4) is 5.69 Å². The molecule has 6 nitrogen and oxygen atoms in total. The highest BCUT2D eigenvalue weighted by Crippen LogP contribution is 2.56. The Morgan fingerprint density at radius 3 is 2.57 bits per heavy atom. The first kappa shape index (κ1) is 22.2. The molecular formula is C26H24F3N3O3. The summed E-state index contributed by atoms with van der Waals surface area (Å²) >= 11 is 0. The van der Waals surface area contributed by atoms with E-state index in [1.165, 1.54) is 12.3 Å². The van der Waals surface area contributed by atoms with Crippen LogP contribution in [0.4, 0.5) is 13.2 Å². The fourth-order valence-electron chi connectivity index (χ4n) is 5.94. The van der Waals surface area contributed by atoms with Gasteiger partial charge < -0.3 is 14.4 Å². The minimum atomic E-state index is -0.990. The van der Waals surface area contributed by atoms with Crippen molar-refractivity contribution in [1.82, 2.24) is 14.8 Å². The summed E-state index contributed by atoms with van der Waals surface area (Å²) in [5, 5.41) is 17.4. The van der Waals surface area contributed by atoms with E-state index in [4.69, 9.17) is 4.74 Å². The normalized spacial score (nSPS) is 23.1. The van der Waals surface area contributed by atoms with Crippen molar-refractivity contribution < 1.29 is 27.8 Å². The Morgan fingerprint density at radius 1 is 1.14 bits per heavy atom. The van der Waals surface area contributed by atoms with E-state index in [0.717, 1.165) is 23.4 Å². The second-order valence-electron chi connectivity index (χ2n) is 10.0. The number of aromatic amines is 1. The van der Waals surface area contributed by atoms with Gasteiger partial charge in [0.1, 0.15) is 5.52 Å². The summed E-state index contributed by atoms with van der Waals surface area (Å²) in [7, 11) is 0. The lowest BCUT2D eigenvalue weighted by Crippen LogP contribution is -2.40. The summed E-state index contributed by atoms with van der Waals surface area (Å²) in [6.45, 7) is 2.78. The van der Waals surface area contributed by atoms with Crippen LogP contribution in [0.1, 0.15) is 55.7 Å². The van der Waals surface area contributed by atoms with Gasteiger partial charge in [0.25, 0.3) is 0 Å². The summed E-state index contributed by atoms with van der Waals surface area (Å²) in [5.74, 6) is -3.48. The number of rotatable bonds is 4. The standard InChI is InChI=1S/C26H24F3N3O3/c1-26(25(33)34)10-15(11-26)20-21-19(8-14-12-30-31-23(14)22(21)29)32(16-2-3-17(27)18(28)9-16)24(20)13-4-6-35-7-5-13/h2-3,8-9,12-13,15H,4-7,10-11H2,1H3,(H,30,31)(H,33,34). The summed E-state index contributed by atoms with van der Waals surface area (Å²) in [6, 6.07) is 5.49. The van der Waals surface area contributed by atoms with Gasteiger partial charge in [-0.05, 0) is 62.3 Å². The third kappa shape index (κ3) is 3.28. The van der Waals surface area contributed by atoms with Crippen LogP contribution < -0.4 is 0 Å². The van der Waals surface area contributed by atoms with Crippen LogP contribution in [0.2, 0.25) is 0 Å². The molecule has 1 saturated heterocycles. The molecule has 0 bridgehead atoms. The smallest absolute Gasteiger partial charge is 0.309 e. The quantitative estimate of drug-likeness (QED) is 0.385. The average Bonchev–Trinajstić information content (AvgIpc) is 3.42. The molecule has 0 radical (unpaired) electrons. The molecular weight excluding hydrogens is 459 g/mol. The minimum Gasteiger partial charge on any atom is -0.481 e. The molecule has 35 heavy (non-hydrogen) atoms. The van der Waals surface area contributed by atoms with E-state index in [9.17, 15) is 18.7 Å². The van der Waals surface area contributed by atoms with E-state index >= 15 is 4.39 Å². The van der Waals surface area contributed by atoms with Gasteiger partial charge in [-0.2, -0.15) is 5.10 Å². The van der Waals surface area contributed by atoms with E-state index in [-0.39, 0.29) is 17.4 Å². The summed E-state index contributed by atoms with van der Waals surface area (Å²) in [6.07, 6.45) is 3.65. The Kier molecular flexibility index (Phi) is 4.96. The number of nitrogens with zero attached hydrogens (tertiary/aromatic N) is 2. The molecule has 1 aliphatic carbocycles. The summed E-state index contributed by atoms with van der Waals surface area (Å²) in [4.78, 5) is 11.8. The van der Waals surface area contributed by atoms with Gasteiger partial charge in [-0.15, -0.1) is 0 Å². The minimum absolute atomic E-state index is 0.00758. The number of hydrogen-bond acceptors (Lipinski definition) is 3. The van der Waals surface area contributed by atoms with Gasteiger partial charge >= 0.3 is 5.97 Å². The monoisotopic (exact) mass is 483 g/mol. The average molecular weight is 483 g/mol. The Labute approximate surface area is 198 Å². The Bertz CT molecular complexity index is 1480.